The fourth-order valence-electron chi connectivity index (χ4n) is 4.38. The Morgan fingerprint density at radius 1 is 1.26 bits per heavy atom. The van der Waals surface area contributed by atoms with Crippen LogP contribution in [0.1, 0.15) is 69.4 Å². The van der Waals surface area contributed by atoms with Gasteiger partial charge in [-0.2, -0.15) is 0 Å². The molecule has 0 saturated heterocycles. The van der Waals surface area contributed by atoms with E-state index in [1.165, 1.54) is 44.9 Å². The van der Waals surface area contributed by atoms with Crippen LogP contribution in [0.3, 0.4) is 0 Å². The molecule has 2 heterocycles. The standard InChI is InChI=1S/C20H29N5O2/c1-12-6-8-14(9-7-12)10-25-11-21-17-16(25)18(24-19(23-17)20(26)27)22-13(2)15-4-3-5-15/h11-15H,3-10H2,1-2H3,(H,26,27)(H,22,23,24). The van der Waals surface area contributed by atoms with Gasteiger partial charge in [0.1, 0.15) is 5.52 Å². The fraction of sp³-hybridized carbons (Fsp3) is 0.700. The van der Waals surface area contributed by atoms with Gasteiger partial charge in [0.05, 0.1) is 6.33 Å². The van der Waals surface area contributed by atoms with Crippen LogP contribution in [0.25, 0.3) is 11.2 Å². The monoisotopic (exact) mass is 371 g/mol. The Hall–Kier alpha value is -2.18. The number of hydrogen-bond donors (Lipinski definition) is 2. The third-order valence-electron chi connectivity index (χ3n) is 6.48. The molecule has 2 N–H and O–H groups in total. The maximum atomic E-state index is 11.5. The number of nitrogens with zero attached hydrogens (tertiary/aromatic N) is 4. The number of hydrogen-bond acceptors (Lipinski definition) is 5. The number of nitrogens with one attached hydrogen (secondary N) is 1. The average molecular weight is 371 g/mol. The van der Waals surface area contributed by atoms with Crippen LogP contribution in [0.5, 0.6) is 0 Å². The summed E-state index contributed by atoms with van der Waals surface area (Å²) in [5.74, 6) is 1.38. The lowest BCUT2D eigenvalue weighted by atomic mass is 9.80. The molecule has 0 aromatic carbocycles. The largest absolute Gasteiger partial charge is 0.475 e. The van der Waals surface area contributed by atoms with E-state index in [4.69, 9.17) is 0 Å². The van der Waals surface area contributed by atoms with E-state index in [1.54, 1.807) is 6.33 Å². The first-order valence-electron chi connectivity index (χ1n) is 10.2. The summed E-state index contributed by atoms with van der Waals surface area (Å²) in [5, 5.41) is 12.9. The maximum Gasteiger partial charge on any atom is 0.374 e. The molecule has 1 atom stereocenters. The number of imidazole rings is 1. The number of fused-ring (bicyclic) bond motifs is 1. The first-order valence-corrected chi connectivity index (χ1v) is 10.2. The third kappa shape index (κ3) is 3.77. The molecule has 2 fully saturated rings. The molecule has 0 radical (unpaired) electrons. The maximum absolute atomic E-state index is 11.5. The van der Waals surface area contributed by atoms with Gasteiger partial charge in [0.25, 0.3) is 0 Å². The van der Waals surface area contributed by atoms with Crippen molar-refractivity contribution in [3.05, 3.63) is 12.2 Å². The molecule has 2 aromatic heterocycles. The highest BCUT2D eigenvalue weighted by Gasteiger charge is 2.27. The normalized spacial score (nSPS) is 24.5. The predicted octanol–water partition coefficient (Wildman–Crippen LogP) is 3.95. The number of carboxylic acid groups (broad SMARTS) is 1. The second kappa shape index (κ2) is 7.44. The van der Waals surface area contributed by atoms with E-state index in [0.29, 0.717) is 23.3 Å². The minimum atomic E-state index is -1.12. The summed E-state index contributed by atoms with van der Waals surface area (Å²) in [6, 6.07) is 0.261. The highest BCUT2D eigenvalue weighted by Crippen LogP contribution is 2.33. The van der Waals surface area contributed by atoms with Crippen molar-refractivity contribution < 1.29 is 9.90 Å². The summed E-state index contributed by atoms with van der Waals surface area (Å²) in [5.41, 5.74) is 1.31. The Morgan fingerprint density at radius 3 is 2.63 bits per heavy atom. The first-order chi connectivity index (χ1) is 13.0. The van der Waals surface area contributed by atoms with Crippen LogP contribution in [-0.4, -0.2) is 36.6 Å². The van der Waals surface area contributed by atoms with Gasteiger partial charge in [-0.25, -0.2) is 19.7 Å². The molecule has 146 valence electrons. The van der Waals surface area contributed by atoms with Gasteiger partial charge in [-0.05, 0) is 50.4 Å². The van der Waals surface area contributed by atoms with Crippen molar-refractivity contribution in [2.45, 2.75) is 71.4 Å². The van der Waals surface area contributed by atoms with Gasteiger partial charge in [0.2, 0.25) is 5.82 Å². The lowest BCUT2D eigenvalue weighted by Gasteiger charge is -2.32. The van der Waals surface area contributed by atoms with Crippen LogP contribution < -0.4 is 5.32 Å². The van der Waals surface area contributed by atoms with Crippen molar-refractivity contribution in [3.63, 3.8) is 0 Å². The quantitative estimate of drug-likeness (QED) is 0.798. The first kappa shape index (κ1) is 18.2. The highest BCUT2D eigenvalue weighted by molar-refractivity contribution is 5.90. The molecule has 1 unspecified atom stereocenters. The zero-order chi connectivity index (χ0) is 19.0. The van der Waals surface area contributed by atoms with Crippen LogP contribution in [0.15, 0.2) is 6.33 Å². The molecule has 7 nitrogen and oxygen atoms in total. The Morgan fingerprint density at radius 2 is 2.00 bits per heavy atom. The van der Waals surface area contributed by atoms with Crippen LogP contribution in [-0.2, 0) is 6.54 Å². The number of carbonyl (C=O) groups is 1. The van der Waals surface area contributed by atoms with E-state index >= 15 is 0 Å². The molecule has 0 amide bonds. The van der Waals surface area contributed by atoms with Crippen molar-refractivity contribution >= 4 is 23.0 Å². The zero-order valence-electron chi connectivity index (χ0n) is 16.2. The van der Waals surface area contributed by atoms with Crippen molar-refractivity contribution in [3.8, 4) is 0 Å². The second-order valence-corrected chi connectivity index (χ2v) is 8.52. The molecular formula is C20H29N5O2. The Kier molecular flexibility index (Phi) is 5.02. The molecule has 0 bridgehead atoms. The van der Waals surface area contributed by atoms with Crippen LogP contribution in [0.4, 0.5) is 5.82 Å². The Bertz CT molecular complexity index is 821. The summed E-state index contributed by atoms with van der Waals surface area (Å²) in [6.45, 7) is 5.38. The topological polar surface area (TPSA) is 92.9 Å². The number of aromatic carboxylic acids is 1. The lowest BCUT2D eigenvalue weighted by Crippen LogP contribution is -2.31. The van der Waals surface area contributed by atoms with E-state index < -0.39 is 5.97 Å². The predicted molar refractivity (Wildman–Crippen MR) is 104 cm³/mol. The van der Waals surface area contributed by atoms with E-state index in [9.17, 15) is 9.90 Å². The number of carboxylic acids is 1. The van der Waals surface area contributed by atoms with Crippen LogP contribution in [0.2, 0.25) is 0 Å². The SMILES string of the molecule is CC1CCC(Cn2cnc3nc(C(=O)O)nc(NC(C)C4CCC4)c32)CC1. The molecule has 2 aromatic rings. The Labute approximate surface area is 159 Å². The number of rotatable bonds is 6. The minimum Gasteiger partial charge on any atom is -0.475 e. The number of anilines is 1. The lowest BCUT2D eigenvalue weighted by molar-refractivity contribution is 0.0684. The van der Waals surface area contributed by atoms with Gasteiger partial charge in [-0.1, -0.05) is 26.2 Å². The molecule has 2 aliphatic rings. The Balaban J connectivity index is 1.64. The molecule has 0 spiro atoms. The summed E-state index contributed by atoms with van der Waals surface area (Å²) in [6.07, 6.45) is 10.5. The van der Waals surface area contributed by atoms with Crippen molar-refractivity contribution in [2.75, 3.05) is 5.32 Å². The molecule has 4 rings (SSSR count). The van der Waals surface area contributed by atoms with E-state index in [1.807, 2.05) is 0 Å². The minimum absolute atomic E-state index is 0.192. The van der Waals surface area contributed by atoms with Gasteiger partial charge in [0, 0.05) is 12.6 Å². The number of aromatic nitrogens is 4. The zero-order valence-corrected chi connectivity index (χ0v) is 16.2. The highest BCUT2D eigenvalue weighted by atomic mass is 16.4. The van der Waals surface area contributed by atoms with Crippen molar-refractivity contribution in [1.29, 1.82) is 0 Å². The summed E-state index contributed by atoms with van der Waals surface area (Å²) in [7, 11) is 0. The summed E-state index contributed by atoms with van der Waals surface area (Å²) >= 11 is 0. The average Bonchev–Trinajstić information content (AvgIpc) is 2.98. The summed E-state index contributed by atoms with van der Waals surface area (Å²) < 4.78 is 2.12. The second-order valence-electron chi connectivity index (χ2n) is 8.52. The molecule has 7 heteroatoms. The van der Waals surface area contributed by atoms with E-state index in [0.717, 1.165) is 18.0 Å². The third-order valence-corrected chi connectivity index (χ3v) is 6.48. The molecule has 0 aliphatic heterocycles. The van der Waals surface area contributed by atoms with Gasteiger partial charge in [-0.15, -0.1) is 0 Å². The van der Waals surface area contributed by atoms with Crippen LogP contribution >= 0.6 is 0 Å². The summed E-state index contributed by atoms with van der Waals surface area (Å²) in [4.78, 5) is 24.4. The fourth-order valence-corrected chi connectivity index (χ4v) is 4.38. The van der Waals surface area contributed by atoms with Gasteiger partial charge < -0.3 is 15.0 Å². The van der Waals surface area contributed by atoms with E-state index in [-0.39, 0.29) is 11.9 Å². The van der Waals surface area contributed by atoms with Crippen molar-refractivity contribution in [1.82, 2.24) is 19.5 Å². The smallest absolute Gasteiger partial charge is 0.374 e. The molecule has 2 aliphatic carbocycles. The molecular weight excluding hydrogens is 342 g/mol. The van der Waals surface area contributed by atoms with Crippen molar-refractivity contribution in [2.24, 2.45) is 17.8 Å². The van der Waals surface area contributed by atoms with Gasteiger partial charge in [0.15, 0.2) is 11.5 Å². The molecule has 27 heavy (non-hydrogen) atoms. The molecule has 2 saturated carbocycles. The van der Waals surface area contributed by atoms with Crippen LogP contribution in [0, 0.1) is 17.8 Å². The van der Waals surface area contributed by atoms with Gasteiger partial charge >= 0.3 is 5.97 Å². The van der Waals surface area contributed by atoms with Gasteiger partial charge in [-0.3, -0.25) is 0 Å². The van der Waals surface area contributed by atoms with E-state index in [2.05, 4.69) is 38.7 Å².